The van der Waals surface area contributed by atoms with Crippen molar-refractivity contribution in [2.75, 3.05) is 11.9 Å². The van der Waals surface area contributed by atoms with Crippen molar-refractivity contribution in [3.63, 3.8) is 0 Å². The Balaban J connectivity index is 1.74. The Labute approximate surface area is 137 Å². The van der Waals surface area contributed by atoms with Crippen LogP contribution >= 0.6 is 15.9 Å². The number of nitrogens with one attached hydrogen (secondary N) is 2. The molecule has 1 heterocycles. The van der Waals surface area contributed by atoms with Crippen LogP contribution in [0.25, 0.3) is 0 Å². The van der Waals surface area contributed by atoms with E-state index in [-0.39, 0.29) is 24.8 Å². The lowest BCUT2D eigenvalue weighted by atomic mass is 10.2. The predicted octanol–water partition coefficient (Wildman–Crippen LogP) is 2.10. The molecule has 0 unspecified atom stereocenters. The number of aromatic nitrogens is 2. The zero-order valence-electron chi connectivity index (χ0n) is 12.2. The topological polar surface area (TPSA) is 76.0 Å². The fourth-order valence-electron chi connectivity index (χ4n) is 1.88. The minimum absolute atomic E-state index is 0.0482. The summed E-state index contributed by atoms with van der Waals surface area (Å²) in [6.07, 6.45) is 3.73. The molecule has 2 amide bonds. The van der Waals surface area contributed by atoms with Crippen molar-refractivity contribution < 1.29 is 9.59 Å². The van der Waals surface area contributed by atoms with Gasteiger partial charge in [0.25, 0.3) is 0 Å². The quantitative estimate of drug-likeness (QED) is 0.823. The summed E-state index contributed by atoms with van der Waals surface area (Å²) in [7, 11) is 0. The van der Waals surface area contributed by atoms with Gasteiger partial charge >= 0.3 is 0 Å². The summed E-state index contributed by atoms with van der Waals surface area (Å²) < 4.78 is 2.63. The molecule has 116 valence electrons. The Kier molecular flexibility index (Phi) is 5.71. The standard InChI is InChI=1S/C15H17BrN4O2/c1-11-9-12(16)3-4-13(11)19-15(22)10-17-14(21)5-8-20-7-2-6-18-20/h2-4,6-7,9H,5,8,10H2,1H3,(H,17,21)(H,19,22). The fourth-order valence-corrected chi connectivity index (χ4v) is 2.35. The van der Waals surface area contributed by atoms with Gasteiger partial charge in [0.05, 0.1) is 6.54 Å². The van der Waals surface area contributed by atoms with Crippen LogP contribution in [0.3, 0.4) is 0 Å². The molecule has 0 fully saturated rings. The molecule has 2 rings (SSSR count). The number of anilines is 1. The molecule has 0 saturated heterocycles. The van der Waals surface area contributed by atoms with Crippen LogP contribution < -0.4 is 10.6 Å². The van der Waals surface area contributed by atoms with E-state index >= 15 is 0 Å². The van der Waals surface area contributed by atoms with Crippen molar-refractivity contribution in [1.29, 1.82) is 0 Å². The number of rotatable bonds is 6. The minimum atomic E-state index is -0.252. The summed E-state index contributed by atoms with van der Waals surface area (Å²) in [5.41, 5.74) is 1.69. The van der Waals surface area contributed by atoms with E-state index in [0.717, 1.165) is 15.7 Å². The van der Waals surface area contributed by atoms with Crippen molar-refractivity contribution in [1.82, 2.24) is 15.1 Å². The lowest BCUT2D eigenvalue weighted by molar-refractivity contribution is -0.124. The summed E-state index contributed by atoms with van der Waals surface area (Å²) in [6, 6.07) is 7.38. The molecule has 0 saturated carbocycles. The number of hydrogen-bond donors (Lipinski definition) is 2. The van der Waals surface area contributed by atoms with Gasteiger partial charge in [0.2, 0.25) is 11.8 Å². The van der Waals surface area contributed by atoms with E-state index in [9.17, 15) is 9.59 Å². The van der Waals surface area contributed by atoms with Gasteiger partial charge in [-0.05, 0) is 36.8 Å². The van der Waals surface area contributed by atoms with Crippen LogP contribution in [0.5, 0.6) is 0 Å². The van der Waals surface area contributed by atoms with Crippen molar-refractivity contribution in [2.24, 2.45) is 0 Å². The van der Waals surface area contributed by atoms with Gasteiger partial charge in [-0.2, -0.15) is 5.10 Å². The van der Waals surface area contributed by atoms with Crippen LogP contribution in [0.2, 0.25) is 0 Å². The molecule has 2 aromatic rings. The highest BCUT2D eigenvalue weighted by Crippen LogP contribution is 2.19. The predicted molar refractivity (Wildman–Crippen MR) is 87.4 cm³/mol. The summed E-state index contributed by atoms with van der Waals surface area (Å²) in [6.45, 7) is 2.35. The average Bonchev–Trinajstić information content (AvgIpc) is 2.99. The van der Waals surface area contributed by atoms with Crippen molar-refractivity contribution in [3.8, 4) is 0 Å². The van der Waals surface area contributed by atoms with Gasteiger partial charge in [-0.25, -0.2) is 0 Å². The number of carbonyl (C=O) groups excluding carboxylic acids is 2. The third-order valence-electron chi connectivity index (χ3n) is 3.04. The Morgan fingerprint density at radius 2 is 2.14 bits per heavy atom. The third-order valence-corrected chi connectivity index (χ3v) is 3.53. The maximum absolute atomic E-state index is 11.8. The average molecular weight is 365 g/mol. The summed E-state index contributed by atoms with van der Waals surface area (Å²) in [4.78, 5) is 23.5. The first-order valence-corrected chi connectivity index (χ1v) is 7.64. The second kappa shape index (κ2) is 7.74. The van der Waals surface area contributed by atoms with Crippen LogP contribution in [0.4, 0.5) is 5.69 Å². The monoisotopic (exact) mass is 364 g/mol. The second-order valence-electron chi connectivity index (χ2n) is 4.80. The van der Waals surface area contributed by atoms with Gasteiger partial charge in [0.1, 0.15) is 0 Å². The van der Waals surface area contributed by atoms with Crippen LogP contribution in [0.15, 0.2) is 41.1 Å². The highest BCUT2D eigenvalue weighted by Gasteiger charge is 2.08. The molecule has 0 radical (unpaired) electrons. The third kappa shape index (κ3) is 5.00. The van der Waals surface area contributed by atoms with E-state index in [4.69, 9.17) is 0 Å². The number of amides is 2. The maximum atomic E-state index is 11.8. The molecule has 2 N–H and O–H groups in total. The molecule has 1 aromatic heterocycles. The Hall–Kier alpha value is -2.15. The summed E-state index contributed by atoms with van der Waals surface area (Å²) in [5.74, 6) is -0.434. The van der Waals surface area contributed by atoms with Crippen LogP contribution in [-0.2, 0) is 16.1 Å². The highest BCUT2D eigenvalue weighted by molar-refractivity contribution is 9.10. The lowest BCUT2D eigenvalue weighted by Gasteiger charge is -2.09. The second-order valence-corrected chi connectivity index (χ2v) is 5.72. The first kappa shape index (κ1) is 16.2. The number of carbonyl (C=O) groups is 2. The molecular weight excluding hydrogens is 348 g/mol. The number of hydrogen-bond acceptors (Lipinski definition) is 3. The molecule has 0 aliphatic carbocycles. The van der Waals surface area contributed by atoms with E-state index in [1.54, 1.807) is 23.1 Å². The van der Waals surface area contributed by atoms with Gasteiger partial charge in [-0.15, -0.1) is 0 Å². The van der Waals surface area contributed by atoms with Crippen molar-refractivity contribution >= 4 is 33.4 Å². The fraction of sp³-hybridized carbons (Fsp3) is 0.267. The summed E-state index contributed by atoms with van der Waals surface area (Å²) >= 11 is 3.37. The molecule has 0 atom stereocenters. The molecule has 1 aromatic carbocycles. The minimum Gasteiger partial charge on any atom is -0.347 e. The largest absolute Gasteiger partial charge is 0.347 e. The number of benzene rings is 1. The van der Waals surface area contributed by atoms with E-state index in [0.29, 0.717) is 6.54 Å². The number of nitrogens with zero attached hydrogens (tertiary/aromatic N) is 2. The molecule has 0 aliphatic rings. The molecular formula is C15H17BrN4O2. The van der Waals surface area contributed by atoms with Gasteiger partial charge in [0.15, 0.2) is 0 Å². The number of aryl methyl sites for hydroxylation is 2. The zero-order chi connectivity index (χ0) is 15.9. The zero-order valence-corrected chi connectivity index (χ0v) is 13.8. The summed E-state index contributed by atoms with van der Waals surface area (Å²) in [5, 5.41) is 9.37. The highest BCUT2D eigenvalue weighted by atomic mass is 79.9. The Bertz CT molecular complexity index is 656. The van der Waals surface area contributed by atoms with E-state index in [2.05, 4.69) is 31.7 Å². The van der Waals surface area contributed by atoms with Gasteiger partial charge in [-0.1, -0.05) is 15.9 Å². The maximum Gasteiger partial charge on any atom is 0.243 e. The Morgan fingerprint density at radius 3 is 2.82 bits per heavy atom. The van der Waals surface area contributed by atoms with Crippen LogP contribution in [-0.4, -0.2) is 28.1 Å². The molecule has 22 heavy (non-hydrogen) atoms. The SMILES string of the molecule is Cc1cc(Br)ccc1NC(=O)CNC(=O)CCn1cccn1. The van der Waals surface area contributed by atoms with Gasteiger partial charge < -0.3 is 10.6 Å². The van der Waals surface area contributed by atoms with E-state index in [1.807, 2.05) is 25.1 Å². The molecule has 6 nitrogen and oxygen atoms in total. The van der Waals surface area contributed by atoms with Crippen molar-refractivity contribution in [3.05, 3.63) is 46.7 Å². The smallest absolute Gasteiger partial charge is 0.243 e. The first-order chi connectivity index (χ1) is 10.5. The van der Waals surface area contributed by atoms with Gasteiger partial charge in [-0.3, -0.25) is 14.3 Å². The lowest BCUT2D eigenvalue weighted by Crippen LogP contribution is -2.33. The number of halogens is 1. The Morgan fingerprint density at radius 1 is 1.32 bits per heavy atom. The molecule has 7 heteroatoms. The molecule has 0 aliphatic heterocycles. The van der Waals surface area contributed by atoms with E-state index in [1.165, 1.54) is 0 Å². The van der Waals surface area contributed by atoms with Crippen LogP contribution in [0.1, 0.15) is 12.0 Å². The van der Waals surface area contributed by atoms with Gasteiger partial charge in [0, 0.05) is 35.5 Å². The normalized spacial score (nSPS) is 10.3. The molecule has 0 spiro atoms. The van der Waals surface area contributed by atoms with Crippen LogP contribution in [0, 0.1) is 6.92 Å². The van der Waals surface area contributed by atoms with E-state index < -0.39 is 0 Å². The molecule has 0 bridgehead atoms. The first-order valence-electron chi connectivity index (χ1n) is 6.85. The van der Waals surface area contributed by atoms with Crippen molar-refractivity contribution in [2.45, 2.75) is 19.9 Å².